The molecule has 0 radical (unpaired) electrons. The van der Waals surface area contributed by atoms with Crippen LogP contribution >= 0.6 is 0 Å². The molecule has 0 bridgehead atoms. The van der Waals surface area contributed by atoms with Gasteiger partial charge in [-0.25, -0.2) is 0 Å². The van der Waals surface area contributed by atoms with E-state index in [9.17, 15) is 4.79 Å². The Morgan fingerprint density at radius 2 is 1.73 bits per heavy atom. The number of benzene rings is 2. The third-order valence-corrected chi connectivity index (χ3v) is 3.54. The van der Waals surface area contributed by atoms with E-state index >= 15 is 0 Å². The molecule has 6 heteroatoms. The standard InChI is InChI=1S/C16H13N5O/c22-16-12-8-4-5-9-13(12)18-15(19-16)14-10-17-21(20-14)11-6-2-1-3-7-11/h1-10,15,18H,(H,19,22)/t15-/m1/s1. The minimum absolute atomic E-state index is 0.117. The number of carbonyl (C=O) groups excluding carboxylic acids is 1. The SMILES string of the molecule is O=C1N[C@H](c2cnn(-c3ccccc3)n2)Nc2ccccc21. The van der Waals surface area contributed by atoms with Crippen LogP contribution in [0.5, 0.6) is 0 Å². The van der Waals surface area contributed by atoms with Crippen molar-refractivity contribution in [1.29, 1.82) is 0 Å². The lowest BCUT2D eigenvalue weighted by Gasteiger charge is -2.26. The summed E-state index contributed by atoms with van der Waals surface area (Å²) >= 11 is 0. The fraction of sp³-hybridized carbons (Fsp3) is 0.0625. The van der Waals surface area contributed by atoms with E-state index in [0.29, 0.717) is 11.3 Å². The van der Waals surface area contributed by atoms with E-state index in [1.165, 1.54) is 0 Å². The highest BCUT2D eigenvalue weighted by Crippen LogP contribution is 2.25. The molecule has 1 aliphatic heterocycles. The number of hydrogen-bond donors (Lipinski definition) is 2. The lowest BCUT2D eigenvalue weighted by molar-refractivity contribution is 0.0935. The Labute approximate surface area is 126 Å². The first-order valence-corrected chi connectivity index (χ1v) is 6.95. The molecule has 1 atom stereocenters. The molecule has 3 aromatic rings. The fourth-order valence-corrected chi connectivity index (χ4v) is 2.45. The van der Waals surface area contributed by atoms with Crippen molar-refractivity contribution < 1.29 is 4.79 Å². The second-order valence-electron chi connectivity index (χ2n) is 4.99. The van der Waals surface area contributed by atoms with Crippen LogP contribution in [0.3, 0.4) is 0 Å². The second kappa shape index (κ2) is 5.00. The summed E-state index contributed by atoms with van der Waals surface area (Å²) in [6, 6.07) is 17.0. The number of fused-ring (bicyclic) bond motifs is 1. The first-order valence-electron chi connectivity index (χ1n) is 6.95. The molecule has 4 rings (SSSR count). The highest BCUT2D eigenvalue weighted by atomic mass is 16.2. The average molecular weight is 291 g/mol. The zero-order valence-corrected chi connectivity index (χ0v) is 11.6. The second-order valence-corrected chi connectivity index (χ2v) is 4.99. The number of nitrogens with zero attached hydrogens (tertiary/aromatic N) is 3. The Balaban J connectivity index is 1.64. The van der Waals surface area contributed by atoms with Crippen LogP contribution in [0, 0.1) is 0 Å². The van der Waals surface area contributed by atoms with E-state index in [4.69, 9.17) is 0 Å². The van der Waals surface area contributed by atoms with Gasteiger partial charge in [-0.15, -0.1) is 5.10 Å². The number of anilines is 1. The van der Waals surface area contributed by atoms with Crippen LogP contribution in [-0.4, -0.2) is 20.9 Å². The molecule has 0 saturated heterocycles. The highest BCUT2D eigenvalue weighted by molar-refractivity contribution is 6.01. The monoisotopic (exact) mass is 291 g/mol. The molecule has 2 N–H and O–H groups in total. The summed E-state index contributed by atoms with van der Waals surface area (Å²) in [6.45, 7) is 0. The van der Waals surface area contributed by atoms with E-state index in [1.807, 2.05) is 48.5 Å². The maximum Gasteiger partial charge on any atom is 0.255 e. The van der Waals surface area contributed by atoms with Crippen LogP contribution in [0.2, 0.25) is 0 Å². The number of para-hydroxylation sites is 2. The zero-order valence-electron chi connectivity index (χ0n) is 11.6. The normalized spacial score (nSPS) is 16.5. The molecule has 0 unspecified atom stereocenters. The molecular formula is C16H13N5O. The maximum absolute atomic E-state index is 12.1. The number of amides is 1. The molecule has 0 saturated carbocycles. The Morgan fingerprint density at radius 3 is 2.59 bits per heavy atom. The summed E-state index contributed by atoms with van der Waals surface area (Å²) in [6.07, 6.45) is 1.26. The Morgan fingerprint density at radius 1 is 0.955 bits per heavy atom. The van der Waals surface area contributed by atoms with Gasteiger partial charge in [-0.05, 0) is 24.3 Å². The lowest BCUT2D eigenvalue weighted by Crippen LogP contribution is -2.38. The number of nitrogens with one attached hydrogen (secondary N) is 2. The summed E-state index contributed by atoms with van der Waals surface area (Å²) in [7, 11) is 0. The van der Waals surface area contributed by atoms with E-state index in [2.05, 4.69) is 20.8 Å². The minimum atomic E-state index is -0.389. The van der Waals surface area contributed by atoms with Gasteiger partial charge in [-0.2, -0.15) is 9.90 Å². The van der Waals surface area contributed by atoms with Gasteiger partial charge in [-0.3, -0.25) is 4.79 Å². The Hall–Kier alpha value is -3.15. The van der Waals surface area contributed by atoms with Crippen LogP contribution in [0.4, 0.5) is 5.69 Å². The first-order chi connectivity index (χ1) is 10.8. The average Bonchev–Trinajstić information content (AvgIpc) is 3.06. The summed E-state index contributed by atoms with van der Waals surface area (Å²) in [5, 5.41) is 14.8. The van der Waals surface area contributed by atoms with Crippen molar-refractivity contribution in [2.24, 2.45) is 0 Å². The molecule has 6 nitrogen and oxygen atoms in total. The first kappa shape index (κ1) is 12.6. The van der Waals surface area contributed by atoms with Crippen molar-refractivity contribution in [2.75, 3.05) is 5.32 Å². The molecule has 22 heavy (non-hydrogen) atoms. The lowest BCUT2D eigenvalue weighted by atomic mass is 10.1. The van der Waals surface area contributed by atoms with Crippen LogP contribution in [-0.2, 0) is 0 Å². The van der Waals surface area contributed by atoms with Gasteiger partial charge >= 0.3 is 0 Å². The van der Waals surface area contributed by atoms with Crippen LogP contribution in [0.1, 0.15) is 22.2 Å². The van der Waals surface area contributed by atoms with Gasteiger partial charge in [0.25, 0.3) is 5.91 Å². The summed E-state index contributed by atoms with van der Waals surface area (Å²) < 4.78 is 0. The molecule has 1 aliphatic rings. The van der Waals surface area contributed by atoms with Gasteiger partial charge in [0.1, 0.15) is 11.9 Å². The topological polar surface area (TPSA) is 71.8 Å². The van der Waals surface area contributed by atoms with Gasteiger partial charge in [0.2, 0.25) is 0 Å². The highest BCUT2D eigenvalue weighted by Gasteiger charge is 2.26. The zero-order chi connectivity index (χ0) is 14.9. The van der Waals surface area contributed by atoms with Gasteiger partial charge in [0.15, 0.2) is 0 Å². The molecule has 0 fully saturated rings. The van der Waals surface area contributed by atoms with Crippen molar-refractivity contribution in [3.63, 3.8) is 0 Å². The summed E-state index contributed by atoms with van der Waals surface area (Å²) in [5.41, 5.74) is 2.96. The van der Waals surface area contributed by atoms with Crippen molar-refractivity contribution in [3.05, 3.63) is 72.1 Å². The van der Waals surface area contributed by atoms with Crippen LogP contribution in [0.25, 0.3) is 5.69 Å². The van der Waals surface area contributed by atoms with Crippen molar-refractivity contribution in [1.82, 2.24) is 20.3 Å². The largest absolute Gasteiger partial charge is 0.360 e. The number of carbonyl (C=O) groups is 1. The van der Waals surface area contributed by atoms with Gasteiger partial charge in [0.05, 0.1) is 17.4 Å². The van der Waals surface area contributed by atoms with E-state index < -0.39 is 0 Å². The Kier molecular flexibility index (Phi) is 2.86. The molecule has 2 heterocycles. The fourth-order valence-electron chi connectivity index (χ4n) is 2.45. The van der Waals surface area contributed by atoms with Gasteiger partial charge < -0.3 is 10.6 Å². The molecular weight excluding hydrogens is 278 g/mol. The van der Waals surface area contributed by atoms with Gasteiger partial charge in [-0.1, -0.05) is 30.3 Å². The molecule has 0 aliphatic carbocycles. The quantitative estimate of drug-likeness (QED) is 0.758. The van der Waals surface area contributed by atoms with Crippen molar-refractivity contribution >= 4 is 11.6 Å². The smallest absolute Gasteiger partial charge is 0.255 e. The Bertz CT molecular complexity index is 827. The van der Waals surface area contributed by atoms with Crippen LogP contribution in [0.15, 0.2) is 60.8 Å². The molecule has 1 amide bonds. The maximum atomic E-state index is 12.1. The third-order valence-electron chi connectivity index (χ3n) is 3.54. The molecule has 2 aromatic carbocycles. The van der Waals surface area contributed by atoms with Crippen molar-refractivity contribution in [2.45, 2.75) is 6.17 Å². The van der Waals surface area contributed by atoms with Gasteiger partial charge in [0, 0.05) is 5.69 Å². The molecule has 1 aromatic heterocycles. The minimum Gasteiger partial charge on any atom is -0.360 e. The number of hydrogen-bond acceptors (Lipinski definition) is 4. The predicted molar refractivity (Wildman–Crippen MR) is 81.6 cm³/mol. The van der Waals surface area contributed by atoms with Crippen molar-refractivity contribution in [3.8, 4) is 5.69 Å². The van der Waals surface area contributed by atoms with E-state index in [0.717, 1.165) is 11.4 Å². The number of rotatable bonds is 2. The number of aromatic nitrogens is 3. The summed E-state index contributed by atoms with van der Waals surface area (Å²) in [4.78, 5) is 13.7. The molecule has 0 spiro atoms. The third kappa shape index (κ3) is 2.10. The predicted octanol–water partition coefficient (Wildman–Crippen LogP) is 2.12. The van der Waals surface area contributed by atoms with Crippen LogP contribution < -0.4 is 10.6 Å². The molecule has 108 valence electrons. The van der Waals surface area contributed by atoms with E-state index in [-0.39, 0.29) is 12.1 Å². The summed E-state index contributed by atoms with van der Waals surface area (Å²) in [5.74, 6) is -0.117. The van der Waals surface area contributed by atoms with E-state index in [1.54, 1.807) is 17.1 Å².